The van der Waals surface area contributed by atoms with Crippen molar-refractivity contribution in [1.29, 1.82) is 0 Å². The van der Waals surface area contributed by atoms with Crippen LogP contribution < -0.4 is 5.32 Å². The lowest BCUT2D eigenvalue weighted by Crippen LogP contribution is -2.27. The molecule has 0 spiro atoms. The van der Waals surface area contributed by atoms with E-state index in [1.54, 1.807) is 6.20 Å². The van der Waals surface area contributed by atoms with Crippen LogP contribution in [-0.2, 0) is 6.42 Å². The molecule has 2 aliphatic carbocycles. The molecule has 0 radical (unpaired) electrons. The number of nitrogens with zero attached hydrogens (tertiary/aromatic N) is 2. The molecule has 0 aliphatic heterocycles. The van der Waals surface area contributed by atoms with Crippen LogP contribution in [-0.4, -0.2) is 15.7 Å². The van der Waals surface area contributed by atoms with Gasteiger partial charge < -0.3 is 5.32 Å². The number of hydrogen-bond donors (Lipinski definition) is 1. The van der Waals surface area contributed by atoms with Crippen molar-refractivity contribution in [3.05, 3.63) is 83.2 Å². The molecule has 1 amide bonds. The molecule has 0 unspecified atom stereocenters. The van der Waals surface area contributed by atoms with Gasteiger partial charge in [0.1, 0.15) is 0 Å². The number of hydrogen-bond acceptors (Lipinski definition) is 2. The van der Waals surface area contributed by atoms with Crippen molar-refractivity contribution in [2.24, 2.45) is 0 Å². The number of carbonyl (C=O) groups is 1. The van der Waals surface area contributed by atoms with E-state index >= 15 is 0 Å². The fraction of sp³-hybridized carbons (Fsp3) is 0.273. The van der Waals surface area contributed by atoms with Crippen molar-refractivity contribution in [2.75, 3.05) is 0 Å². The number of rotatable bonds is 4. The van der Waals surface area contributed by atoms with E-state index in [4.69, 9.17) is 0 Å². The summed E-state index contributed by atoms with van der Waals surface area (Å²) in [6, 6.07) is 18.6. The van der Waals surface area contributed by atoms with E-state index in [1.807, 2.05) is 41.1 Å². The molecule has 1 N–H and O–H groups in total. The van der Waals surface area contributed by atoms with Crippen LogP contribution in [0.25, 0.3) is 5.69 Å². The van der Waals surface area contributed by atoms with Crippen LogP contribution in [0.15, 0.2) is 60.8 Å². The average molecular weight is 343 g/mol. The minimum absolute atomic E-state index is 0.00390. The molecule has 1 saturated carbocycles. The number of benzene rings is 2. The van der Waals surface area contributed by atoms with E-state index in [2.05, 4.69) is 28.6 Å². The van der Waals surface area contributed by atoms with Gasteiger partial charge in [0.25, 0.3) is 5.91 Å². The molecule has 0 bridgehead atoms. The van der Waals surface area contributed by atoms with Gasteiger partial charge in [-0.2, -0.15) is 5.10 Å². The highest BCUT2D eigenvalue weighted by Gasteiger charge is 2.34. The molecule has 4 nitrogen and oxygen atoms in total. The number of carbonyl (C=O) groups excluding carboxylic acids is 1. The van der Waals surface area contributed by atoms with E-state index in [-0.39, 0.29) is 11.9 Å². The monoisotopic (exact) mass is 343 g/mol. The molecular formula is C22H21N3O. The maximum atomic E-state index is 13.0. The number of amides is 1. The Bertz CT molecular complexity index is 957. The van der Waals surface area contributed by atoms with Crippen molar-refractivity contribution < 1.29 is 4.79 Å². The number of para-hydroxylation sites is 1. The lowest BCUT2D eigenvalue weighted by Gasteiger charge is -2.15. The van der Waals surface area contributed by atoms with E-state index < -0.39 is 0 Å². The Morgan fingerprint density at radius 2 is 1.77 bits per heavy atom. The van der Waals surface area contributed by atoms with Crippen LogP contribution in [0.5, 0.6) is 0 Å². The van der Waals surface area contributed by atoms with Gasteiger partial charge in [-0.25, -0.2) is 4.68 Å². The Balaban J connectivity index is 1.45. The van der Waals surface area contributed by atoms with E-state index in [1.165, 1.54) is 11.1 Å². The zero-order valence-corrected chi connectivity index (χ0v) is 14.6. The zero-order chi connectivity index (χ0) is 17.5. The maximum Gasteiger partial charge on any atom is 0.255 e. The quantitative estimate of drug-likeness (QED) is 0.773. The van der Waals surface area contributed by atoms with E-state index in [0.717, 1.165) is 42.6 Å². The van der Waals surface area contributed by atoms with Crippen molar-refractivity contribution in [3.63, 3.8) is 0 Å². The summed E-state index contributed by atoms with van der Waals surface area (Å²) >= 11 is 0. The predicted molar refractivity (Wildman–Crippen MR) is 101 cm³/mol. The van der Waals surface area contributed by atoms with Crippen LogP contribution in [0.1, 0.15) is 58.4 Å². The summed E-state index contributed by atoms with van der Waals surface area (Å²) in [5, 5.41) is 7.79. The molecule has 1 heterocycles. The highest BCUT2D eigenvalue weighted by Crippen LogP contribution is 2.42. The molecule has 3 aromatic rings. The second-order valence-electron chi connectivity index (χ2n) is 7.23. The molecule has 5 rings (SSSR count). The molecule has 1 fully saturated rings. The van der Waals surface area contributed by atoms with Crippen LogP contribution in [0.3, 0.4) is 0 Å². The van der Waals surface area contributed by atoms with Crippen molar-refractivity contribution in [3.8, 4) is 5.69 Å². The molecule has 4 heteroatoms. The molecule has 0 saturated heterocycles. The minimum atomic E-state index is -0.00390. The summed E-state index contributed by atoms with van der Waals surface area (Å²) in [7, 11) is 0. The molecule has 1 aromatic heterocycles. The third-order valence-corrected chi connectivity index (χ3v) is 5.45. The second kappa shape index (κ2) is 6.13. The van der Waals surface area contributed by atoms with Gasteiger partial charge in [-0.15, -0.1) is 0 Å². The Labute approximate surface area is 152 Å². The molecule has 1 atom stereocenters. The van der Waals surface area contributed by atoms with Gasteiger partial charge in [0.05, 0.1) is 29.2 Å². The van der Waals surface area contributed by atoms with Gasteiger partial charge >= 0.3 is 0 Å². The van der Waals surface area contributed by atoms with Crippen molar-refractivity contribution in [1.82, 2.24) is 15.1 Å². The van der Waals surface area contributed by atoms with Crippen LogP contribution in [0, 0.1) is 0 Å². The summed E-state index contributed by atoms with van der Waals surface area (Å²) in [6.45, 7) is 0. The Morgan fingerprint density at radius 1 is 1.00 bits per heavy atom. The van der Waals surface area contributed by atoms with Crippen LogP contribution >= 0.6 is 0 Å². The summed E-state index contributed by atoms with van der Waals surface area (Å²) < 4.78 is 1.94. The number of aromatic nitrogens is 2. The molecular weight excluding hydrogens is 322 g/mol. The third-order valence-electron chi connectivity index (χ3n) is 5.45. The first-order chi connectivity index (χ1) is 12.8. The molecule has 130 valence electrons. The fourth-order valence-corrected chi connectivity index (χ4v) is 4.00. The maximum absolute atomic E-state index is 13.0. The number of aryl methyl sites for hydroxylation is 1. The molecule has 26 heavy (non-hydrogen) atoms. The third kappa shape index (κ3) is 2.62. The molecule has 2 aromatic carbocycles. The first-order valence-electron chi connectivity index (χ1n) is 9.33. The summed E-state index contributed by atoms with van der Waals surface area (Å²) in [5.74, 6) is 0.435. The molecule has 2 aliphatic rings. The van der Waals surface area contributed by atoms with Crippen molar-refractivity contribution >= 4 is 5.91 Å². The zero-order valence-electron chi connectivity index (χ0n) is 14.6. The van der Waals surface area contributed by atoms with Gasteiger partial charge in [-0.3, -0.25) is 4.79 Å². The summed E-state index contributed by atoms with van der Waals surface area (Å²) in [5.41, 5.74) is 5.39. The van der Waals surface area contributed by atoms with Crippen molar-refractivity contribution in [2.45, 2.75) is 37.6 Å². The van der Waals surface area contributed by atoms with Crippen LogP contribution in [0.2, 0.25) is 0 Å². The van der Waals surface area contributed by atoms with Gasteiger partial charge in [-0.1, -0.05) is 42.5 Å². The highest BCUT2D eigenvalue weighted by atomic mass is 16.1. The number of nitrogens with one attached hydrogen (secondary N) is 1. The lowest BCUT2D eigenvalue weighted by molar-refractivity contribution is 0.0935. The summed E-state index contributed by atoms with van der Waals surface area (Å²) in [6.07, 6.45) is 5.99. The first kappa shape index (κ1) is 15.4. The van der Waals surface area contributed by atoms with E-state index in [9.17, 15) is 4.79 Å². The normalized spacial score (nSPS) is 18.5. The van der Waals surface area contributed by atoms with Gasteiger partial charge in [0, 0.05) is 5.92 Å². The second-order valence-corrected chi connectivity index (χ2v) is 7.23. The lowest BCUT2D eigenvalue weighted by atomic mass is 10.1. The van der Waals surface area contributed by atoms with Gasteiger partial charge in [0.15, 0.2) is 0 Å². The highest BCUT2D eigenvalue weighted by molar-refractivity contribution is 5.96. The number of fused-ring (bicyclic) bond motifs is 1. The first-order valence-corrected chi connectivity index (χ1v) is 9.33. The minimum Gasteiger partial charge on any atom is -0.345 e. The van der Waals surface area contributed by atoms with Gasteiger partial charge in [-0.05, 0) is 48.9 Å². The Kier molecular flexibility index (Phi) is 3.63. The van der Waals surface area contributed by atoms with Gasteiger partial charge in [0.2, 0.25) is 0 Å². The smallest absolute Gasteiger partial charge is 0.255 e. The predicted octanol–water partition coefficient (Wildman–Crippen LogP) is 4.17. The average Bonchev–Trinajstić information content (AvgIpc) is 3.30. The summed E-state index contributed by atoms with van der Waals surface area (Å²) in [4.78, 5) is 13.0. The topological polar surface area (TPSA) is 46.9 Å². The SMILES string of the molecule is O=C(N[C@@H]1CCc2ccccc21)c1cnn(-c2ccccc2)c1C1CC1. The Hall–Kier alpha value is -2.88. The van der Waals surface area contributed by atoms with E-state index in [0.29, 0.717) is 5.92 Å². The standard InChI is InChI=1S/C22H21N3O/c26-22(24-20-13-12-15-6-4-5-9-18(15)20)19-14-23-25(21(19)16-10-11-16)17-7-2-1-3-8-17/h1-9,14,16,20H,10-13H2,(H,24,26)/t20-/m1/s1. The largest absolute Gasteiger partial charge is 0.345 e. The fourth-order valence-electron chi connectivity index (χ4n) is 4.00. The van der Waals surface area contributed by atoms with Crippen LogP contribution in [0.4, 0.5) is 0 Å². The Morgan fingerprint density at radius 3 is 2.58 bits per heavy atom.